The third-order valence-corrected chi connectivity index (χ3v) is 3.82. The van der Waals surface area contributed by atoms with E-state index in [2.05, 4.69) is 5.32 Å². The maximum absolute atomic E-state index is 12.9. The predicted molar refractivity (Wildman–Crippen MR) is 89.1 cm³/mol. The van der Waals surface area contributed by atoms with E-state index in [1.54, 1.807) is 12.1 Å². The first-order valence-corrected chi connectivity index (χ1v) is 7.25. The van der Waals surface area contributed by atoms with Gasteiger partial charge in [-0.3, -0.25) is 9.59 Å². The molecule has 1 aromatic carbocycles. The summed E-state index contributed by atoms with van der Waals surface area (Å²) in [5.41, 5.74) is 6.17. The molecule has 0 bridgehead atoms. The van der Waals surface area contributed by atoms with Gasteiger partial charge in [0.2, 0.25) is 11.8 Å². The third-order valence-electron chi connectivity index (χ3n) is 3.82. The molecule has 3 N–H and O–H groups in total. The molecule has 1 aliphatic heterocycles. The lowest BCUT2D eigenvalue weighted by molar-refractivity contribution is -0.140. The normalized spacial score (nSPS) is 17.3. The Morgan fingerprint density at radius 1 is 1.39 bits per heavy atom. The van der Waals surface area contributed by atoms with Crippen LogP contribution in [0.4, 0.5) is 10.1 Å². The molecular formula is C15H22ClFN4O2. The largest absolute Gasteiger partial charge is 0.374 e. The van der Waals surface area contributed by atoms with Gasteiger partial charge >= 0.3 is 0 Å². The highest BCUT2D eigenvalue weighted by molar-refractivity contribution is 5.87. The lowest BCUT2D eigenvalue weighted by atomic mass is 10.1. The van der Waals surface area contributed by atoms with Gasteiger partial charge in [-0.25, -0.2) is 4.39 Å². The van der Waals surface area contributed by atoms with Crippen LogP contribution in [-0.2, 0) is 9.59 Å². The minimum absolute atomic E-state index is 0. The molecule has 2 rings (SSSR count). The molecule has 0 radical (unpaired) electrons. The zero-order chi connectivity index (χ0) is 16.1. The smallest absolute Gasteiger partial charge is 0.241 e. The Labute approximate surface area is 141 Å². The number of hydrogen-bond donors (Lipinski definition) is 2. The second kappa shape index (κ2) is 8.69. The lowest BCUT2D eigenvalue weighted by Crippen LogP contribution is -2.58. The summed E-state index contributed by atoms with van der Waals surface area (Å²) in [6, 6.07) is 5.51. The predicted octanol–water partition coefficient (Wildman–Crippen LogP) is 0.360. The highest BCUT2D eigenvalue weighted by Gasteiger charge is 2.30. The summed E-state index contributed by atoms with van der Waals surface area (Å²) >= 11 is 0. The Bertz CT molecular complexity index is 541. The minimum Gasteiger partial charge on any atom is -0.374 e. The molecule has 8 heteroatoms. The van der Waals surface area contributed by atoms with Gasteiger partial charge in [0.1, 0.15) is 11.9 Å². The first-order valence-electron chi connectivity index (χ1n) is 7.25. The van der Waals surface area contributed by atoms with Crippen molar-refractivity contribution in [2.75, 3.05) is 38.1 Å². The van der Waals surface area contributed by atoms with Crippen molar-refractivity contribution in [3.05, 3.63) is 30.1 Å². The van der Waals surface area contributed by atoms with Crippen LogP contribution in [-0.4, -0.2) is 56.0 Å². The van der Waals surface area contributed by atoms with Gasteiger partial charge in [0.05, 0.1) is 0 Å². The van der Waals surface area contributed by atoms with Gasteiger partial charge in [-0.15, -0.1) is 12.4 Å². The fraction of sp³-hybridized carbons (Fsp3) is 0.467. The van der Waals surface area contributed by atoms with Crippen molar-refractivity contribution < 1.29 is 14.0 Å². The molecule has 0 saturated carbocycles. The molecule has 6 nitrogen and oxygen atoms in total. The number of carbonyl (C=O) groups excluding carboxylic acids is 2. The fourth-order valence-corrected chi connectivity index (χ4v) is 2.49. The number of halogens is 2. The van der Waals surface area contributed by atoms with E-state index in [0.717, 1.165) is 5.69 Å². The Morgan fingerprint density at radius 3 is 2.65 bits per heavy atom. The van der Waals surface area contributed by atoms with Crippen LogP contribution in [0.15, 0.2) is 24.3 Å². The second-order valence-electron chi connectivity index (χ2n) is 5.36. The molecule has 1 unspecified atom stereocenters. The third kappa shape index (κ3) is 5.07. The lowest BCUT2D eigenvalue weighted by Gasteiger charge is -2.34. The van der Waals surface area contributed by atoms with Gasteiger partial charge in [-0.2, -0.15) is 0 Å². The maximum Gasteiger partial charge on any atom is 0.241 e. The van der Waals surface area contributed by atoms with Crippen LogP contribution < -0.4 is 16.0 Å². The number of nitrogens with one attached hydrogen (secondary N) is 1. The number of piperazine rings is 1. The van der Waals surface area contributed by atoms with Crippen molar-refractivity contribution in [2.45, 2.75) is 12.5 Å². The molecule has 23 heavy (non-hydrogen) atoms. The van der Waals surface area contributed by atoms with Gasteiger partial charge in [-0.05, 0) is 24.3 Å². The van der Waals surface area contributed by atoms with Crippen molar-refractivity contribution in [2.24, 2.45) is 5.73 Å². The maximum atomic E-state index is 12.9. The number of rotatable bonds is 5. The van der Waals surface area contributed by atoms with Crippen LogP contribution >= 0.6 is 12.4 Å². The van der Waals surface area contributed by atoms with Gasteiger partial charge in [0.15, 0.2) is 0 Å². The van der Waals surface area contributed by atoms with E-state index in [0.29, 0.717) is 26.2 Å². The number of nitrogens with zero attached hydrogens (tertiary/aromatic N) is 2. The van der Waals surface area contributed by atoms with E-state index < -0.39 is 11.9 Å². The minimum atomic E-state index is -0.586. The second-order valence-corrected chi connectivity index (χ2v) is 5.36. The standard InChI is InChI=1S/C15H21FN4O2.ClH/c1-19(12-4-2-11(16)3-5-12)8-6-14(21)20-9-7-18-10-13(20)15(17)22;/h2-5,13,18H,6-10H2,1H3,(H2,17,22);1H. The number of nitrogens with two attached hydrogens (primary N) is 1. The van der Waals surface area contributed by atoms with Crippen LogP contribution in [0.2, 0.25) is 0 Å². The average Bonchev–Trinajstić information content (AvgIpc) is 2.53. The number of carbonyl (C=O) groups is 2. The summed E-state index contributed by atoms with van der Waals surface area (Å²) < 4.78 is 12.9. The molecule has 0 aromatic heterocycles. The van der Waals surface area contributed by atoms with Crippen LogP contribution in [0.1, 0.15) is 6.42 Å². The first kappa shape index (κ1) is 19.2. The molecule has 128 valence electrons. The van der Waals surface area contributed by atoms with Crippen molar-refractivity contribution in [1.29, 1.82) is 0 Å². The summed E-state index contributed by atoms with van der Waals surface area (Å²) in [7, 11) is 1.84. The van der Waals surface area contributed by atoms with E-state index in [1.807, 2.05) is 11.9 Å². The molecule has 1 saturated heterocycles. The highest BCUT2D eigenvalue weighted by atomic mass is 35.5. The van der Waals surface area contributed by atoms with E-state index in [-0.39, 0.29) is 30.6 Å². The van der Waals surface area contributed by atoms with Crippen molar-refractivity contribution >= 4 is 29.9 Å². The van der Waals surface area contributed by atoms with Crippen LogP contribution in [0.3, 0.4) is 0 Å². The van der Waals surface area contributed by atoms with E-state index in [9.17, 15) is 14.0 Å². The summed E-state index contributed by atoms with van der Waals surface area (Å²) in [5, 5.41) is 3.06. The Hall–Kier alpha value is -1.86. The Morgan fingerprint density at radius 2 is 2.04 bits per heavy atom. The molecule has 1 fully saturated rings. The molecule has 0 spiro atoms. The highest BCUT2D eigenvalue weighted by Crippen LogP contribution is 2.14. The molecule has 2 amide bonds. The quantitative estimate of drug-likeness (QED) is 0.808. The summed E-state index contributed by atoms with van der Waals surface area (Å²) in [6.45, 7) is 2.02. The zero-order valence-electron chi connectivity index (χ0n) is 13.0. The fourth-order valence-electron chi connectivity index (χ4n) is 2.49. The van der Waals surface area contributed by atoms with Crippen LogP contribution in [0.25, 0.3) is 0 Å². The van der Waals surface area contributed by atoms with Crippen LogP contribution in [0.5, 0.6) is 0 Å². The monoisotopic (exact) mass is 344 g/mol. The summed E-state index contributed by atoms with van der Waals surface area (Å²) in [4.78, 5) is 27.1. The Balaban J connectivity index is 0.00000264. The first-order chi connectivity index (χ1) is 10.5. The zero-order valence-corrected chi connectivity index (χ0v) is 13.8. The topological polar surface area (TPSA) is 78.7 Å². The summed E-state index contributed by atoms with van der Waals surface area (Å²) in [5.74, 6) is -0.884. The number of amides is 2. The van der Waals surface area contributed by atoms with Crippen molar-refractivity contribution in [1.82, 2.24) is 10.2 Å². The average molecular weight is 345 g/mol. The molecule has 1 atom stereocenters. The number of anilines is 1. The Kier molecular flexibility index (Phi) is 7.25. The SMILES string of the molecule is CN(CCC(=O)N1CCNCC1C(N)=O)c1ccc(F)cc1.Cl. The van der Waals surface area contributed by atoms with Gasteiger partial charge < -0.3 is 20.9 Å². The molecular weight excluding hydrogens is 323 g/mol. The number of primary amides is 1. The van der Waals surface area contributed by atoms with E-state index in [1.165, 1.54) is 17.0 Å². The van der Waals surface area contributed by atoms with Gasteiger partial charge in [0, 0.05) is 45.3 Å². The number of hydrogen-bond acceptors (Lipinski definition) is 4. The van der Waals surface area contributed by atoms with Crippen molar-refractivity contribution in [3.8, 4) is 0 Å². The van der Waals surface area contributed by atoms with Crippen LogP contribution in [0, 0.1) is 5.82 Å². The van der Waals surface area contributed by atoms with E-state index >= 15 is 0 Å². The summed E-state index contributed by atoms with van der Waals surface area (Å²) in [6.07, 6.45) is 0.275. The molecule has 0 aliphatic carbocycles. The van der Waals surface area contributed by atoms with Gasteiger partial charge in [0.25, 0.3) is 0 Å². The van der Waals surface area contributed by atoms with Gasteiger partial charge in [-0.1, -0.05) is 0 Å². The molecule has 1 aromatic rings. The van der Waals surface area contributed by atoms with E-state index in [4.69, 9.17) is 5.73 Å². The molecule has 1 aliphatic rings. The van der Waals surface area contributed by atoms with Crippen molar-refractivity contribution in [3.63, 3.8) is 0 Å². The molecule has 1 heterocycles. The number of benzene rings is 1.